The lowest BCUT2D eigenvalue weighted by Gasteiger charge is -2.20. The Bertz CT molecular complexity index is 1380. The van der Waals surface area contributed by atoms with Crippen LogP contribution in [0.5, 0.6) is 11.6 Å². The SMILES string of the molecule is Cc1cc(Cl)ccc1C(CC(=O)Cc1ccc(OCCc2c(O)nc[nH]c2=O)cc1)c1ccccc1. The van der Waals surface area contributed by atoms with Gasteiger partial charge >= 0.3 is 0 Å². The molecule has 7 heteroatoms. The van der Waals surface area contributed by atoms with Gasteiger partial charge in [-0.2, -0.15) is 0 Å². The van der Waals surface area contributed by atoms with E-state index in [0.717, 1.165) is 28.6 Å². The summed E-state index contributed by atoms with van der Waals surface area (Å²) in [6.07, 6.45) is 2.07. The Labute approximate surface area is 214 Å². The number of H-pyrrole nitrogens is 1. The van der Waals surface area contributed by atoms with Gasteiger partial charge in [0.05, 0.1) is 18.5 Å². The Morgan fingerprint density at radius 2 is 1.83 bits per heavy atom. The van der Waals surface area contributed by atoms with Crippen LogP contribution in [0.3, 0.4) is 0 Å². The molecule has 184 valence electrons. The largest absolute Gasteiger partial charge is 0.493 e. The number of aryl methyl sites for hydroxylation is 1. The number of aromatic hydroxyl groups is 1. The first-order valence-electron chi connectivity index (χ1n) is 11.7. The second-order valence-electron chi connectivity index (χ2n) is 8.66. The standard InChI is InChI=1S/C29H27ClN2O4/c1-19-15-22(30)9-12-25(19)27(21-5-3-2-4-6-21)17-23(33)16-20-7-10-24(11-8-20)36-14-13-26-28(34)31-18-32-29(26)35/h2-12,15,18,27H,13-14,16-17H2,1H3,(H2,31,32,34,35). The number of hydrogen-bond donors (Lipinski definition) is 2. The lowest BCUT2D eigenvalue weighted by atomic mass is 9.84. The van der Waals surface area contributed by atoms with E-state index in [1.807, 2.05) is 55.5 Å². The molecule has 1 aromatic heterocycles. The molecule has 4 aromatic rings. The zero-order chi connectivity index (χ0) is 25.5. The van der Waals surface area contributed by atoms with E-state index in [4.69, 9.17) is 16.3 Å². The molecule has 0 aliphatic heterocycles. The third-order valence-corrected chi connectivity index (χ3v) is 6.35. The number of aromatic amines is 1. The van der Waals surface area contributed by atoms with Gasteiger partial charge in [-0.3, -0.25) is 9.59 Å². The molecule has 4 rings (SSSR count). The second kappa shape index (κ2) is 11.7. The number of carbonyl (C=O) groups excluding carboxylic acids is 1. The number of ketones is 1. The van der Waals surface area contributed by atoms with E-state index < -0.39 is 0 Å². The fourth-order valence-corrected chi connectivity index (χ4v) is 4.50. The van der Waals surface area contributed by atoms with Crippen LogP contribution in [-0.4, -0.2) is 27.5 Å². The van der Waals surface area contributed by atoms with E-state index >= 15 is 0 Å². The molecule has 0 fully saturated rings. The predicted molar refractivity (Wildman–Crippen MR) is 140 cm³/mol. The highest BCUT2D eigenvalue weighted by atomic mass is 35.5. The average Bonchev–Trinajstić information content (AvgIpc) is 2.86. The Morgan fingerprint density at radius 1 is 1.08 bits per heavy atom. The maximum atomic E-state index is 13.1. The molecular weight excluding hydrogens is 476 g/mol. The fraction of sp³-hybridized carbons (Fsp3) is 0.207. The summed E-state index contributed by atoms with van der Waals surface area (Å²) in [6.45, 7) is 2.23. The summed E-state index contributed by atoms with van der Waals surface area (Å²) in [5, 5.41) is 10.4. The maximum Gasteiger partial charge on any atom is 0.257 e. The number of carbonyl (C=O) groups is 1. The number of halogens is 1. The number of benzene rings is 3. The first-order valence-corrected chi connectivity index (χ1v) is 12.1. The van der Waals surface area contributed by atoms with Crippen molar-refractivity contribution in [1.29, 1.82) is 0 Å². The molecule has 0 aliphatic rings. The van der Waals surface area contributed by atoms with Crippen molar-refractivity contribution in [2.75, 3.05) is 6.61 Å². The Kier molecular flexibility index (Phi) is 8.18. The van der Waals surface area contributed by atoms with Crippen LogP contribution < -0.4 is 10.3 Å². The lowest BCUT2D eigenvalue weighted by Crippen LogP contribution is -2.16. The topological polar surface area (TPSA) is 92.3 Å². The Hall–Kier alpha value is -3.90. The molecule has 2 N–H and O–H groups in total. The van der Waals surface area contributed by atoms with E-state index in [2.05, 4.69) is 22.1 Å². The molecular formula is C29H27ClN2O4. The van der Waals surface area contributed by atoms with E-state index in [0.29, 0.717) is 23.6 Å². The molecule has 0 saturated heterocycles. The molecule has 6 nitrogen and oxygen atoms in total. The first kappa shape index (κ1) is 25.2. The number of ether oxygens (including phenoxy) is 1. The van der Waals surface area contributed by atoms with Gasteiger partial charge < -0.3 is 14.8 Å². The fourth-order valence-electron chi connectivity index (χ4n) is 4.27. The zero-order valence-corrected chi connectivity index (χ0v) is 20.7. The van der Waals surface area contributed by atoms with Crippen LogP contribution in [0.25, 0.3) is 0 Å². The summed E-state index contributed by atoms with van der Waals surface area (Å²) < 4.78 is 5.70. The van der Waals surface area contributed by atoms with Gasteiger partial charge in [-0.1, -0.05) is 60.1 Å². The summed E-state index contributed by atoms with van der Waals surface area (Å²) in [7, 11) is 0. The quantitative estimate of drug-likeness (QED) is 0.303. The third-order valence-electron chi connectivity index (χ3n) is 6.11. The Balaban J connectivity index is 1.39. The van der Waals surface area contributed by atoms with Gasteiger partial charge in [0.1, 0.15) is 11.5 Å². The van der Waals surface area contributed by atoms with Crippen LogP contribution in [0.1, 0.15) is 40.2 Å². The number of hydrogen-bond acceptors (Lipinski definition) is 5. The van der Waals surface area contributed by atoms with E-state index in [1.165, 1.54) is 0 Å². The molecule has 0 saturated carbocycles. The number of Topliss-reactive ketones (excluding diaryl/α,β-unsaturated/α-hetero) is 1. The minimum Gasteiger partial charge on any atom is -0.493 e. The number of nitrogens with one attached hydrogen (secondary N) is 1. The van der Waals surface area contributed by atoms with E-state index in [1.54, 1.807) is 12.1 Å². The Morgan fingerprint density at radius 3 is 2.53 bits per heavy atom. The summed E-state index contributed by atoms with van der Waals surface area (Å²) in [4.78, 5) is 31.0. The van der Waals surface area contributed by atoms with Crippen LogP contribution in [-0.2, 0) is 17.6 Å². The molecule has 1 unspecified atom stereocenters. The smallest absolute Gasteiger partial charge is 0.257 e. The van der Waals surface area contributed by atoms with Gasteiger partial charge in [0.25, 0.3) is 5.56 Å². The van der Waals surface area contributed by atoms with Crippen LogP contribution in [0, 0.1) is 6.92 Å². The highest BCUT2D eigenvalue weighted by Gasteiger charge is 2.20. The number of nitrogens with zero attached hydrogens (tertiary/aromatic N) is 1. The molecule has 3 aromatic carbocycles. The highest BCUT2D eigenvalue weighted by Crippen LogP contribution is 2.32. The highest BCUT2D eigenvalue weighted by molar-refractivity contribution is 6.30. The van der Waals surface area contributed by atoms with Crippen molar-refractivity contribution >= 4 is 17.4 Å². The molecule has 1 heterocycles. The molecule has 0 amide bonds. The van der Waals surface area contributed by atoms with Crippen molar-refractivity contribution in [2.24, 2.45) is 0 Å². The minimum absolute atomic E-state index is 0.0504. The van der Waals surface area contributed by atoms with Crippen molar-refractivity contribution < 1.29 is 14.6 Å². The summed E-state index contributed by atoms with van der Waals surface area (Å²) in [5.74, 6) is 0.410. The number of rotatable bonds is 10. The average molecular weight is 503 g/mol. The molecule has 0 radical (unpaired) electrons. The van der Waals surface area contributed by atoms with Crippen LogP contribution in [0.4, 0.5) is 0 Å². The minimum atomic E-state index is -0.387. The lowest BCUT2D eigenvalue weighted by molar-refractivity contribution is -0.118. The van der Waals surface area contributed by atoms with Crippen molar-refractivity contribution in [3.63, 3.8) is 0 Å². The zero-order valence-electron chi connectivity index (χ0n) is 19.9. The monoisotopic (exact) mass is 502 g/mol. The van der Waals surface area contributed by atoms with Crippen molar-refractivity contribution in [2.45, 2.75) is 32.1 Å². The van der Waals surface area contributed by atoms with Gasteiger partial charge in [0.2, 0.25) is 5.88 Å². The molecule has 0 bridgehead atoms. The van der Waals surface area contributed by atoms with Crippen molar-refractivity contribution in [1.82, 2.24) is 9.97 Å². The van der Waals surface area contributed by atoms with Crippen LogP contribution >= 0.6 is 11.6 Å². The van der Waals surface area contributed by atoms with E-state index in [-0.39, 0.29) is 41.7 Å². The van der Waals surface area contributed by atoms with Gasteiger partial charge in [-0.25, -0.2) is 4.98 Å². The number of aromatic nitrogens is 2. The van der Waals surface area contributed by atoms with Gasteiger partial charge in [0.15, 0.2) is 0 Å². The second-order valence-corrected chi connectivity index (χ2v) is 9.10. The van der Waals surface area contributed by atoms with Crippen molar-refractivity contribution in [3.8, 4) is 11.6 Å². The van der Waals surface area contributed by atoms with Crippen molar-refractivity contribution in [3.05, 3.63) is 122 Å². The van der Waals surface area contributed by atoms with Gasteiger partial charge in [-0.15, -0.1) is 0 Å². The maximum absolute atomic E-state index is 13.1. The molecule has 1 atom stereocenters. The summed E-state index contributed by atoms with van der Waals surface area (Å²) in [6, 6.07) is 23.2. The van der Waals surface area contributed by atoms with Gasteiger partial charge in [0, 0.05) is 30.2 Å². The van der Waals surface area contributed by atoms with Gasteiger partial charge in [-0.05, 0) is 53.4 Å². The summed E-state index contributed by atoms with van der Waals surface area (Å²) >= 11 is 6.16. The van der Waals surface area contributed by atoms with Crippen LogP contribution in [0.2, 0.25) is 5.02 Å². The normalized spacial score (nSPS) is 11.7. The predicted octanol–water partition coefficient (Wildman–Crippen LogP) is 5.39. The first-order chi connectivity index (χ1) is 17.4. The third kappa shape index (κ3) is 6.40. The van der Waals surface area contributed by atoms with E-state index in [9.17, 15) is 14.7 Å². The molecule has 0 aliphatic carbocycles. The molecule has 36 heavy (non-hydrogen) atoms. The van der Waals surface area contributed by atoms with Crippen LogP contribution in [0.15, 0.2) is 83.9 Å². The molecule has 0 spiro atoms. The summed E-state index contributed by atoms with van der Waals surface area (Å²) in [5.41, 5.74) is 3.95.